The molecule has 0 aromatic heterocycles. The van der Waals surface area contributed by atoms with Crippen molar-refractivity contribution >= 4 is 0 Å². The summed E-state index contributed by atoms with van der Waals surface area (Å²) in [4.78, 5) is 0. The van der Waals surface area contributed by atoms with Gasteiger partial charge in [-0.2, -0.15) is 0 Å². The number of ether oxygens (including phenoxy) is 1. The van der Waals surface area contributed by atoms with Gasteiger partial charge in [-0.15, -0.1) is 0 Å². The maximum Gasteiger partial charge on any atom is 0.0677 e. The molecule has 1 aliphatic carbocycles. The second-order valence-electron chi connectivity index (χ2n) is 3.37. The minimum absolute atomic E-state index is 0.267. The Hall–Kier alpha value is -0.340. The van der Waals surface area contributed by atoms with Gasteiger partial charge in [-0.05, 0) is 31.8 Å². The average molecular weight is 169 g/mol. The highest BCUT2D eigenvalue weighted by Gasteiger charge is 2.07. The van der Waals surface area contributed by atoms with E-state index in [2.05, 4.69) is 6.08 Å². The molecule has 0 heterocycles. The van der Waals surface area contributed by atoms with E-state index in [1.165, 1.54) is 24.8 Å². The lowest BCUT2D eigenvalue weighted by molar-refractivity contribution is 0.168. The van der Waals surface area contributed by atoms with Gasteiger partial charge >= 0.3 is 0 Å². The van der Waals surface area contributed by atoms with Crippen molar-refractivity contribution in [3.05, 3.63) is 11.6 Å². The van der Waals surface area contributed by atoms with E-state index in [1.807, 2.05) is 6.92 Å². The highest BCUT2D eigenvalue weighted by molar-refractivity contribution is 5.08. The summed E-state index contributed by atoms with van der Waals surface area (Å²) >= 11 is 0. The predicted octanol–water partition coefficient (Wildman–Crippen LogP) is 1.85. The molecule has 0 radical (unpaired) electrons. The van der Waals surface area contributed by atoms with Crippen molar-refractivity contribution in [2.24, 2.45) is 5.73 Å². The van der Waals surface area contributed by atoms with Crippen LogP contribution in [0.1, 0.15) is 32.6 Å². The van der Waals surface area contributed by atoms with Crippen LogP contribution in [0, 0.1) is 0 Å². The molecule has 1 rings (SSSR count). The summed E-state index contributed by atoms with van der Waals surface area (Å²) in [6.07, 6.45) is 7.02. The number of hydrogen-bond acceptors (Lipinski definition) is 2. The Morgan fingerprint density at radius 1 is 1.58 bits per heavy atom. The molecule has 1 atom stereocenters. The molecule has 2 N–H and O–H groups in total. The third kappa shape index (κ3) is 3.37. The summed E-state index contributed by atoms with van der Waals surface area (Å²) in [6.45, 7) is 3.61. The molecule has 1 aliphatic rings. The van der Waals surface area contributed by atoms with Crippen LogP contribution in [0.15, 0.2) is 11.6 Å². The van der Waals surface area contributed by atoms with Crippen molar-refractivity contribution in [2.45, 2.75) is 38.6 Å². The summed E-state index contributed by atoms with van der Waals surface area (Å²) < 4.78 is 5.35. The Morgan fingerprint density at radius 2 is 2.42 bits per heavy atom. The van der Waals surface area contributed by atoms with Crippen LogP contribution >= 0.6 is 0 Å². The Balaban J connectivity index is 2.37. The van der Waals surface area contributed by atoms with Gasteiger partial charge in [0, 0.05) is 12.6 Å². The van der Waals surface area contributed by atoms with Crippen molar-refractivity contribution in [1.29, 1.82) is 0 Å². The van der Waals surface area contributed by atoms with Gasteiger partial charge in [0.15, 0.2) is 0 Å². The molecule has 1 unspecified atom stereocenters. The Bertz CT molecular complexity index is 154. The van der Waals surface area contributed by atoms with Crippen LogP contribution in [0.3, 0.4) is 0 Å². The monoisotopic (exact) mass is 169 g/mol. The minimum atomic E-state index is 0.267. The quantitative estimate of drug-likeness (QED) is 0.654. The molecule has 0 fully saturated rings. The molecule has 70 valence electrons. The fraction of sp³-hybridized carbons (Fsp3) is 0.800. The number of rotatable bonds is 3. The first-order valence-electron chi connectivity index (χ1n) is 4.86. The summed E-state index contributed by atoms with van der Waals surface area (Å²) in [7, 11) is 0. The summed E-state index contributed by atoms with van der Waals surface area (Å²) in [5.41, 5.74) is 7.26. The highest BCUT2D eigenvalue weighted by Crippen LogP contribution is 2.16. The fourth-order valence-electron chi connectivity index (χ4n) is 1.55. The lowest BCUT2D eigenvalue weighted by atomic mass is 10.1. The summed E-state index contributed by atoms with van der Waals surface area (Å²) in [5.74, 6) is 0. The standard InChI is InChI=1S/C10H19NO/c1-2-12-8-9-5-3-4-6-10(11)7-9/h7,10H,2-6,8,11H2,1H3. The molecule has 0 saturated heterocycles. The van der Waals surface area contributed by atoms with Gasteiger partial charge in [0.25, 0.3) is 0 Å². The van der Waals surface area contributed by atoms with E-state index in [-0.39, 0.29) is 6.04 Å². The van der Waals surface area contributed by atoms with E-state index in [0.717, 1.165) is 19.6 Å². The van der Waals surface area contributed by atoms with Crippen LogP contribution in [0.25, 0.3) is 0 Å². The van der Waals surface area contributed by atoms with Gasteiger partial charge in [0.05, 0.1) is 6.61 Å². The normalized spacial score (nSPS) is 24.8. The lowest BCUT2D eigenvalue weighted by Crippen LogP contribution is -2.16. The maximum atomic E-state index is 5.86. The van der Waals surface area contributed by atoms with E-state index in [4.69, 9.17) is 10.5 Å². The van der Waals surface area contributed by atoms with Crippen LogP contribution in [-0.2, 0) is 4.74 Å². The lowest BCUT2D eigenvalue weighted by Gasteiger charge is -2.05. The zero-order chi connectivity index (χ0) is 8.81. The SMILES string of the molecule is CCOCC1=CC(N)CCCC1. The molecule has 12 heavy (non-hydrogen) atoms. The molecular weight excluding hydrogens is 150 g/mol. The van der Waals surface area contributed by atoms with Crippen LogP contribution in [0.5, 0.6) is 0 Å². The molecule has 2 heteroatoms. The number of nitrogens with two attached hydrogens (primary N) is 1. The van der Waals surface area contributed by atoms with Crippen molar-refractivity contribution in [3.8, 4) is 0 Å². The van der Waals surface area contributed by atoms with Gasteiger partial charge in [0.2, 0.25) is 0 Å². The van der Waals surface area contributed by atoms with E-state index in [9.17, 15) is 0 Å². The topological polar surface area (TPSA) is 35.2 Å². The molecule has 0 aliphatic heterocycles. The van der Waals surface area contributed by atoms with E-state index < -0.39 is 0 Å². The van der Waals surface area contributed by atoms with Crippen molar-refractivity contribution in [1.82, 2.24) is 0 Å². The summed E-state index contributed by atoms with van der Waals surface area (Å²) in [5, 5.41) is 0. The van der Waals surface area contributed by atoms with Crippen molar-refractivity contribution in [3.63, 3.8) is 0 Å². The molecule has 0 amide bonds. The second kappa shape index (κ2) is 5.33. The van der Waals surface area contributed by atoms with Crippen molar-refractivity contribution < 1.29 is 4.74 Å². The highest BCUT2D eigenvalue weighted by atomic mass is 16.5. The largest absolute Gasteiger partial charge is 0.377 e. The molecule has 0 bridgehead atoms. The van der Waals surface area contributed by atoms with E-state index in [1.54, 1.807) is 0 Å². The van der Waals surface area contributed by atoms with Gasteiger partial charge in [0.1, 0.15) is 0 Å². The Labute approximate surface area is 74.8 Å². The van der Waals surface area contributed by atoms with Crippen molar-refractivity contribution in [2.75, 3.05) is 13.2 Å². The average Bonchev–Trinajstić information content (AvgIpc) is 2.26. The maximum absolute atomic E-state index is 5.86. The zero-order valence-corrected chi connectivity index (χ0v) is 7.88. The molecule has 2 nitrogen and oxygen atoms in total. The molecule has 0 saturated carbocycles. The molecule has 0 aromatic carbocycles. The Kier molecular flexibility index (Phi) is 4.33. The first-order valence-corrected chi connectivity index (χ1v) is 4.86. The number of hydrogen-bond donors (Lipinski definition) is 1. The molecule has 0 spiro atoms. The predicted molar refractivity (Wildman–Crippen MR) is 51.0 cm³/mol. The van der Waals surface area contributed by atoms with E-state index >= 15 is 0 Å². The Morgan fingerprint density at radius 3 is 3.17 bits per heavy atom. The first-order chi connectivity index (χ1) is 5.83. The molecular formula is C10H19NO. The van der Waals surface area contributed by atoms with Crippen LogP contribution in [-0.4, -0.2) is 19.3 Å². The third-order valence-corrected chi connectivity index (χ3v) is 2.23. The molecule has 0 aromatic rings. The van der Waals surface area contributed by atoms with Gasteiger partial charge < -0.3 is 10.5 Å². The zero-order valence-electron chi connectivity index (χ0n) is 7.88. The van der Waals surface area contributed by atoms with Gasteiger partial charge in [-0.25, -0.2) is 0 Å². The van der Waals surface area contributed by atoms with Gasteiger partial charge in [-0.1, -0.05) is 12.5 Å². The minimum Gasteiger partial charge on any atom is -0.377 e. The van der Waals surface area contributed by atoms with E-state index in [0.29, 0.717) is 0 Å². The smallest absolute Gasteiger partial charge is 0.0677 e. The summed E-state index contributed by atoms with van der Waals surface area (Å²) in [6, 6.07) is 0.267. The first kappa shape index (κ1) is 9.75. The van der Waals surface area contributed by atoms with Gasteiger partial charge in [-0.3, -0.25) is 0 Å². The van der Waals surface area contributed by atoms with Crippen LogP contribution in [0.4, 0.5) is 0 Å². The fourth-order valence-corrected chi connectivity index (χ4v) is 1.55. The third-order valence-electron chi connectivity index (χ3n) is 2.23. The van der Waals surface area contributed by atoms with Crippen LogP contribution in [0.2, 0.25) is 0 Å². The van der Waals surface area contributed by atoms with Crippen LogP contribution < -0.4 is 5.73 Å². The second-order valence-corrected chi connectivity index (χ2v) is 3.37.